The summed E-state index contributed by atoms with van der Waals surface area (Å²) in [5, 5.41) is 6.43. The number of nitrogens with zero attached hydrogens (tertiary/aromatic N) is 3. The summed E-state index contributed by atoms with van der Waals surface area (Å²) in [6.07, 6.45) is 2.09. The molecule has 0 unspecified atom stereocenters. The van der Waals surface area contributed by atoms with E-state index in [0.717, 1.165) is 37.4 Å². The highest BCUT2D eigenvalue weighted by Crippen LogP contribution is 2.22. The first-order chi connectivity index (χ1) is 9.15. The van der Waals surface area contributed by atoms with Crippen LogP contribution in [0.4, 0.5) is 0 Å². The molecule has 1 aliphatic heterocycles. The summed E-state index contributed by atoms with van der Waals surface area (Å²) in [7, 11) is 0. The molecule has 3 heterocycles. The maximum atomic E-state index is 12.0. The largest absolute Gasteiger partial charge is 0.317 e. The predicted octanol–water partition coefficient (Wildman–Crippen LogP) is 1.01. The van der Waals surface area contributed by atoms with E-state index in [1.54, 1.807) is 6.07 Å². The van der Waals surface area contributed by atoms with Crippen molar-refractivity contribution in [2.24, 2.45) is 0 Å². The molecule has 0 spiro atoms. The fraction of sp³-hybridized carbons (Fsp3) is 0.615. The van der Waals surface area contributed by atoms with Gasteiger partial charge in [-0.2, -0.15) is 9.50 Å². The molecular weight excluding hydrogens is 242 g/mol. The second kappa shape index (κ2) is 4.77. The number of piperidine rings is 1. The lowest BCUT2D eigenvalue weighted by Gasteiger charge is -2.19. The van der Waals surface area contributed by atoms with Crippen LogP contribution in [0.5, 0.6) is 0 Å². The summed E-state index contributed by atoms with van der Waals surface area (Å²) < 4.78 is 1.45. The summed E-state index contributed by atoms with van der Waals surface area (Å²) in [5.74, 6) is 2.00. The molecule has 1 saturated heterocycles. The van der Waals surface area contributed by atoms with Crippen molar-refractivity contribution in [2.75, 3.05) is 13.1 Å². The van der Waals surface area contributed by atoms with E-state index in [-0.39, 0.29) is 11.5 Å². The zero-order valence-electron chi connectivity index (χ0n) is 11.3. The molecule has 6 nitrogen and oxygen atoms in total. The van der Waals surface area contributed by atoms with Crippen molar-refractivity contribution in [3.8, 4) is 0 Å². The second-order valence-electron chi connectivity index (χ2n) is 5.44. The van der Waals surface area contributed by atoms with Crippen LogP contribution >= 0.6 is 0 Å². The van der Waals surface area contributed by atoms with E-state index in [1.807, 2.05) is 13.8 Å². The van der Waals surface area contributed by atoms with Crippen LogP contribution in [-0.2, 0) is 0 Å². The van der Waals surface area contributed by atoms with Gasteiger partial charge in [0.25, 0.3) is 11.3 Å². The molecule has 102 valence electrons. The van der Waals surface area contributed by atoms with Crippen LogP contribution < -0.4 is 10.9 Å². The number of aromatic amines is 1. The number of aromatic nitrogens is 4. The van der Waals surface area contributed by atoms with Gasteiger partial charge < -0.3 is 5.32 Å². The van der Waals surface area contributed by atoms with E-state index in [1.165, 1.54) is 4.52 Å². The monoisotopic (exact) mass is 261 g/mol. The molecule has 6 heteroatoms. The van der Waals surface area contributed by atoms with Gasteiger partial charge in [0, 0.05) is 12.0 Å². The Morgan fingerprint density at radius 3 is 2.74 bits per heavy atom. The van der Waals surface area contributed by atoms with Crippen molar-refractivity contribution < 1.29 is 0 Å². The van der Waals surface area contributed by atoms with Gasteiger partial charge in [-0.25, -0.2) is 4.98 Å². The second-order valence-corrected chi connectivity index (χ2v) is 5.44. The van der Waals surface area contributed by atoms with E-state index < -0.39 is 0 Å². The fourth-order valence-electron chi connectivity index (χ4n) is 2.49. The highest BCUT2D eigenvalue weighted by atomic mass is 16.1. The van der Waals surface area contributed by atoms with Gasteiger partial charge >= 0.3 is 0 Å². The molecule has 19 heavy (non-hydrogen) atoms. The van der Waals surface area contributed by atoms with Crippen molar-refractivity contribution in [1.82, 2.24) is 24.9 Å². The van der Waals surface area contributed by atoms with Crippen LogP contribution in [-0.4, -0.2) is 32.7 Å². The SMILES string of the molecule is CC(C)c1cc(=O)n2[nH]c(C3CCNCC3)nc2n1. The third-order valence-electron chi connectivity index (χ3n) is 3.69. The number of fused-ring (bicyclic) bond motifs is 1. The fourth-order valence-corrected chi connectivity index (χ4v) is 2.49. The third kappa shape index (κ3) is 2.28. The number of rotatable bonds is 2. The molecule has 0 saturated carbocycles. The molecule has 2 aromatic rings. The summed E-state index contributed by atoms with van der Waals surface area (Å²) >= 11 is 0. The Bertz CT molecular complexity index is 636. The van der Waals surface area contributed by atoms with E-state index in [9.17, 15) is 4.79 Å². The highest BCUT2D eigenvalue weighted by Gasteiger charge is 2.20. The van der Waals surface area contributed by atoms with Crippen molar-refractivity contribution in [2.45, 2.75) is 38.5 Å². The minimum absolute atomic E-state index is 0.0821. The number of hydrogen-bond donors (Lipinski definition) is 2. The summed E-state index contributed by atoms with van der Waals surface area (Å²) in [6, 6.07) is 1.59. The molecule has 0 radical (unpaired) electrons. The van der Waals surface area contributed by atoms with Crippen molar-refractivity contribution >= 4 is 5.78 Å². The van der Waals surface area contributed by atoms with Gasteiger partial charge in [-0.3, -0.25) is 9.89 Å². The zero-order chi connectivity index (χ0) is 13.4. The smallest absolute Gasteiger partial charge is 0.274 e. The van der Waals surface area contributed by atoms with Gasteiger partial charge in [-0.15, -0.1) is 0 Å². The zero-order valence-corrected chi connectivity index (χ0v) is 11.3. The Morgan fingerprint density at radius 1 is 1.32 bits per heavy atom. The summed E-state index contributed by atoms with van der Waals surface area (Å²) in [5.41, 5.74) is 0.717. The third-order valence-corrected chi connectivity index (χ3v) is 3.69. The first-order valence-electron chi connectivity index (χ1n) is 6.85. The van der Waals surface area contributed by atoms with Gasteiger partial charge in [0.05, 0.1) is 5.69 Å². The maximum absolute atomic E-state index is 12.0. The van der Waals surface area contributed by atoms with E-state index in [4.69, 9.17) is 0 Å². The molecule has 2 N–H and O–H groups in total. The summed E-state index contributed by atoms with van der Waals surface area (Å²) in [4.78, 5) is 21.0. The molecule has 2 aromatic heterocycles. The Labute approximate surface area is 111 Å². The molecule has 0 bridgehead atoms. The van der Waals surface area contributed by atoms with Crippen LogP contribution in [0.3, 0.4) is 0 Å². The lowest BCUT2D eigenvalue weighted by molar-refractivity contribution is 0.445. The molecule has 1 aliphatic rings. The minimum Gasteiger partial charge on any atom is -0.317 e. The van der Waals surface area contributed by atoms with Crippen LogP contribution in [0.15, 0.2) is 10.9 Å². The number of nitrogens with one attached hydrogen (secondary N) is 2. The van der Waals surface area contributed by atoms with Crippen molar-refractivity contribution in [3.05, 3.63) is 27.9 Å². The number of hydrogen-bond acceptors (Lipinski definition) is 4. The molecule has 0 aromatic carbocycles. The van der Waals surface area contributed by atoms with Gasteiger partial charge in [0.1, 0.15) is 5.82 Å². The Balaban J connectivity index is 2.04. The average Bonchev–Trinajstić information content (AvgIpc) is 2.84. The van der Waals surface area contributed by atoms with Crippen molar-refractivity contribution in [1.29, 1.82) is 0 Å². The van der Waals surface area contributed by atoms with Gasteiger partial charge in [-0.05, 0) is 31.8 Å². The molecular formula is C13H19N5O. The van der Waals surface area contributed by atoms with Crippen molar-refractivity contribution in [3.63, 3.8) is 0 Å². The molecule has 1 fully saturated rings. The van der Waals surface area contributed by atoms with E-state index >= 15 is 0 Å². The standard InChI is InChI=1S/C13H19N5O/c1-8(2)10-7-11(19)18-13(15-10)16-12(17-18)9-3-5-14-6-4-9/h7-9,14H,3-6H2,1-2H3,(H,15,16,17). The predicted molar refractivity (Wildman–Crippen MR) is 72.5 cm³/mol. The van der Waals surface area contributed by atoms with E-state index in [2.05, 4.69) is 20.4 Å². The molecule has 0 atom stereocenters. The van der Waals surface area contributed by atoms with Gasteiger partial charge in [0.2, 0.25) is 0 Å². The van der Waals surface area contributed by atoms with Crippen LogP contribution in [0.2, 0.25) is 0 Å². The molecule has 0 amide bonds. The molecule has 0 aliphatic carbocycles. The Kier molecular flexibility index (Phi) is 3.10. The molecule has 3 rings (SSSR count). The quantitative estimate of drug-likeness (QED) is 0.846. The maximum Gasteiger partial charge on any atom is 0.274 e. The Hall–Kier alpha value is -1.69. The highest BCUT2D eigenvalue weighted by molar-refractivity contribution is 5.29. The average molecular weight is 261 g/mol. The topological polar surface area (TPSA) is 75.1 Å². The van der Waals surface area contributed by atoms with Gasteiger partial charge in [-0.1, -0.05) is 13.8 Å². The van der Waals surface area contributed by atoms with Crippen LogP contribution in [0.1, 0.15) is 50.0 Å². The summed E-state index contributed by atoms with van der Waals surface area (Å²) in [6.45, 7) is 6.06. The number of H-pyrrole nitrogens is 1. The normalized spacial score (nSPS) is 17.4. The van der Waals surface area contributed by atoms with Gasteiger partial charge in [0.15, 0.2) is 0 Å². The lowest BCUT2D eigenvalue weighted by Crippen LogP contribution is -2.27. The first kappa shape index (κ1) is 12.3. The van der Waals surface area contributed by atoms with E-state index in [0.29, 0.717) is 11.7 Å². The lowest BCUT2D eigenvalue weighted by atomic mass is 9.98. The Morgan fingerprint density at radius 2 is 2.05 bits per heavy atom. The van der Waals surface area contributed by atoms with Crippen LogP contribution in [0.25, 0.3) is 5.78 Å². The van der Waals surface area contributed by atoms with Crippen LogP contribution in [0, 0.1) is 0 Å². The first-order valence-corrected chi connectivity index (χ1v) is 6.85. The minimum atomic E-state index is -0.0821.